The number of fused-ring (bicyclic) bond motifs is 1. The molecule has 1 amide bonds. The molecule has 6 heteroatoms. The van der Waals surface area contributed by atoms with Crippen LogP contribution < -0.4 is 10.6 Å². The number of amides is 1. The Morgan fingerprint density at radius 2 is 1.68 bits per heavy atom. The maximum atomic E-state index is 12.9. The molecule has 1 aliphatic heterocycles. The summed E-state index contributed by atoms with van der Waals surface area (Å²) in [7, 11) is 4.04. The fourth-order valence-corrected chi connectivity index (χ4v) is 3.64. The molecule has 31 heavy (non-hydrogen) atoms. The van der Waals surface area contributed by atoms with Gasteiger partial charge in [-0.2, -0.15) is 0 Å². The van der Waals surface area contributed by atoms with Gasteiger partial charge < -0.3 is 20.6 Å². The minimum Gasteiger partial charge on any atom is -0.478 e. The van der Waals surface area contributed by atoms with Gasteiger partial charge in [-0.25, -0.2) is 4.79 Å². The van der Waals surface area contributed by atoms with Gasteiger partial charge in [-0.05, 0) is 55.6 Å². The van der Waals surface area contributed by atoms with Crippen LogP contribution in [-0.2, 0) is 11.3 Å². The quantitative estimate of drug-likeness (QED) is 0.523. The first-order valence-electron chi connectivity index (χ1n) is 9.92. The van der Waals surface area contributed by atoms with Crippen LogP contribution in [-0.4, -0.2) is 36.0 Å². The monoisotopic (exact) mass is 413 g/mol. The zero-order chi connectivity index (χ0) is 22.0. The number of nitrogens with one attached hydrogen (secondary N) is 2. The van der Waals surface area contributed by atoms with Crippen molar-refractivity contribution in [1.82, 2.24) is 4.90 Å². The van der Waals surface area contributed by atoms with E-state index in [0.29, 0.717) is 22.5 Å². The van der Waals surface area contributed by atoms with Gasteiger partial charge in [-0.15, -0.1) is 0 Å². The topological polar surface area (TPSA) is 81.7 Å². The third-order valence-electron chi connectivity index (χ3n) is 5.05. The first-order chi connectivity index (χ1) is 14.9. The van der Waals surface area contributed by atoms with Crippen molar-refractivity contribution in [2.45, 2.75) is 6.54 Å². The van der Waals surface area contributed by atoms with E-state index in [2.05, 4.69) is 15.5 Å². The van der Waals surface area contributed by atoms with Crippen molar-refractivity contribution in [2.24, 2.45) is 0 Å². The van der Waals surface area contributed by atoms with Gasteiger partial charge >= 0.3 is 5.97 Å². The van der Waals surface area contributed by atoms with Crippen LogP contribution in [0.3, 0.4) is 0 Å². The van der Waals surface area contributed by atoms with E-state index in [4.69, 9.17) is 0 Å². The second-order valence-electron chi connectivity index (χ2n) is 7.70. The number of carbonyl (C=O) groups excluding carboxylic acids is 1. The minimum atomic E-state index is -1.03. The van der Waals surface area contributed by atoms with Crippen LogP contribution in [0.25, 0.3) is 11.3 Å². The van der Waals surface area contributed by atoms with Gasteiger partial charge in [0.05, 0.1) is 16.8 Å². The number of aromatic carboxylic acids is 1. The number of carboxylic acid groups (broad SMARTS) is 1. The summed E-state index contributed by atoms with van der Waals surface area (Å²) in [5.74, 6) is -1.31. The first kappa shape index (κ1) is 20.4. The summed E-state index contributed by atoms with van der Waals surface area (Å²) < 4.78 is 0. The summed E-state index contributed by atoms with van der Waals surface area (Å²) in [4.78, 5) is 26.5. The molecule has 0 spiro atoms. The Kier molecular flexibility index (Phi) is 5.56. The molecule has 0 radical (unpaired) electrons. The molecule has 0 fully saturated rings. The molecule has 1 aliphatic rings. The second-order valence-corrected chi connectivity index (χ2v) is 7.70. The molecule has 0 atom stereocenters. The molecule has 0 bridgehead atoms. The average molecular weight is 413 g/mol. The van der Waals surface area contributed by atoms with Gasteiger partial charge in [0, 0.05) is 23.5 Å². The maximum Gasteiger partial charge on any atom is 0.335 e. The first-order valence-corrected chi connectivity index (χ1v) is 9.92. The van der Waals surface area contributed by atoms with Gasteiger partial charge in [0.25, 0.3) is 5.91 Å². The van der Waals surface area contributed by atoms with Crippen molar-refractivity contribution >= 4 is 34.5 Å². The predicted octanol–water partition coefficient (Wildman–Crippen LogP) is 4.38. The van der Waals surface area contributed by atoms with Crippen LogP contribution >= 0.6 is 0 Å². The van der Waals surface area contributed by atoms with E-state index in [1.54, 1.807) is 6.07 Å². The molecule has 156 valence electrons. The molecular formula is C25H23N3O3. The Hall–Kier alpha value is -3.90. The van der Waals surface area contributed by atoms with Crippen LogP contribution in [0.4, 0.5) is 11.4 Å². The number of carboxylic acids is 1. The van der Waals surface area contributed by atoms with E-state index in [0.717, 1.165) is 17.8 Å². The summed E-state index contributed by atoms with van der Waals surface area (Å²) in [6.45, 7) is 0.834. The van der Waals surface area contributed by atoms with Crippen LogP contribution in [0.5, 0.6) is 0 Å². The van der Waals surface area contributed by atoms with Crippen LogP contribution in [0, 0.1) is 0 Å². The molecular weight excluding hydrogens is 390 g/mol. The largest absolute Gasteiger partial charge is 0.478 e. The van der Waals surface area contributed by atoms with Crippen molar-refractivity contribution in [3.63, 3.8) is 0 Å². The van der Waals surface area contributed by atoms with Crippen LogP contribution in [0.2, 0.25) is 0 Å². The Labute approximate surface area is 180 Å². The zero-order valence-electron chi connectivity index (χ0n) is 17.3. The molecule has 0 aliphatic carbocycles. The third-order valence-corrected chi connectivity index (χ3v) is 5.05. The minimum absolute atomic E-state index is 0.133. The Balaban J connectivity index is 1.82. The summed E-state index contributed by atoms with van der Waals surface area (Å²) in [5, 5.41) is 15.6. The number of hydrogen-bond acceptors (Lipinski definition) is 4. The molecule has 3 aromatic carbocycles. The third kappa shape index (κ3) is 4.34. The number of rotatable bonds is 6. The van der Waals surface area contributed by atoms with E-state index in [1.165, 1.54) is 17.7 Å². The Morgan fingerprint density at radius 1 is 0.968 bits per heavy atom. The Morgan fingerprint density at radius 3 is 2.32 bits per heavy atom. The fourth-order valence-electron chi connectivity index (χ4n) is 3.64. The van der Waals surface area contributed by atoms with Crippen LogP contribution in [0.15, 0.2) is 72.8 Å². The van der Waals surface area contributed by atoms with Crippen molar-refractivity contribution in [2.75, 3.05) is 24.7 Å². The van der Waals surface area contributed by atoms with E-state index < -0.39 is 5.97 Å². The number of carbonyl (C=O) groups is 2. The van der Waals surface area contributed by atoms with Gasteiger partial charge in [0.2, 0.25) is 0 Å². The predicted molar refractivity (Wildman–Crippen MR) is 123 cm³/mol. The molecule has 0 saturated heterocycles. The highest BCUT2D eigenvalue weighted by Crippen LogP contribution is 2.38. The van der Waals surface area contributed by atoms with Crippen molar-refractivity contribution in [3.05, 3.63) is 95.1 Å². The summed E-state index contributed by atoms with van der Waals surface area (Å²) in [6, 6.07) is 22.2. The highest BCUT2D eigenvalue weighted by atomic mass is 16.4. The molecule has 0 unspecified atom stereocenters. The molecule has 3 N–H and O–H groups in total. The maximum absolute atomic E-state index is 12.9. The van der Waals surface area contributed by atoms with E-state index in [9.17, 15) is 14.7 Å². The van der Waals surface area contributed by atoms with Gasteiger partial charge in [0.1, 0.15) is 0 Å². The van der Waals surface area contributed by atoms with Crippen LogP contribution in [0.1, 0.15) is 27.0 Å². The van der Waals surface area contributed by atoms with Crippen molar-refractivity contribution in [1.29, 1.82) is 0 Å². The molecule has 0 aromatic heterocycles. The Bertz CT molecular complexity index is 1170. The average Bonchev–Trinajstić information content (AvgIpc) is 3.08. The number of anilines is 2. The molecule has 1 heterocycles. The lowest BCUT2D eigenvalue weighted by Gasteiger charge is -2.16. The smallest absolute Gasteiger partial charge is 0.335 e. The molecule has 6 nitrogen and oxygen atoms in total. The van der Waals surface area contributed by atoms with E-state index in [-0.39, 0.29) is 11.5 Å². The normalized spacial score (nSPS) is 14.2. The van der Waals surface area contributed by atoms with Gasteiger partial charge in [0.15, 0.2) is 0 Å². The zero-order valence-corrected chi connectivity index (χ0v) is 17.3. The summed E-state index contributed by atoms with van der Waals surface area (Å²) in [6.07, 6.45) is 0. The van der Waals surface area contributed by atoms with E-state index >= 15 is 0 Å². The molecule has 4 rings (SSSR count). The summed E-state index contributed by atoms with van der Waals surface area (Å²) >= 11 is 0. The highest BCUT2D eigenvalue weighted by molar-refractivity contribution is 6.37. The van der Waals surface area contributed by atoms with Gasteiger partial charge in [-0.1, -0.05) is 42.5 Å². The SMILES string of the molecule is CN(C)Cc1ccc(N/C(=C2\C(=O)Nc3ccc(C(=O)O)cc32)c2ccccc2)cc1. The number of hydrogen-bond donors (Lipinski definition) is 3. The molecule has 3 aromatic rings. The van der Waals surface area contributed by atoms with E-state index in [1.807, 2.05) is 68.7 Å². The molecule has 0 saturated carbocycles. The standard InChI is InChI=1S/C25H23N3O3/c1-28(2)15-16-8-11-19(12-9-16)26-23(17-6-4-3-5-7-17)22-20-14-18(25(30)31)10-13-21(20)27-24(22)29/h3-14,26H,15H2,1-2H3,(H,27,29)(H,30,31)/b23-22-. The second kappa shape index (κ2) is 8.45. The lowest BCUT2D eigenvalue weighted by atomic mass is 9.98. The lowest BCUT2D eigenvalue weighted by molar-refractivity contribution is -0.110. The van der Waals surface area contributed by atoms with Crippen molar-refractivity contribution in [3.8, 4) is 0 Å². The highest BCUT2D eigenvalue weighted by Gasteiger charge is 2.29. The lowest BCUT2D eigenvalue weighted by Crippen LogP contribution is -2.11. The number of benzene rings is 3. The summed E-state index contributed by atoms with van der Waals surface area (Å²) in [5.41, 5.74) is 5.19. The fraction of sp³-hybridized carbons (Fsp3) is 0.120. The van der Waals surface area contributed by atoms with Crippen molar-refractivity contribution < 1.29 is 14.7 Å². The van der Waals surface area contributed by atoms with Gasteiger partial charge in [-0.3, -0.25) is 4.79 Å². The number of nitrogens with zero attached hydrogens (tertiary/aromatic N) is 1.